The van der Waals surface area contributed by atoms with Gasteiger partial charge in [-0.15, -0.1) is 0 Å². The second-order valence-corrected chi connectivity index (χ2v) is 9.45. The molecule has 0 bridgehead atoms. The zero-order valence-electron chi connectivity index (χ0n) is 16.6. The maximum atomic E-state index is 13.3. The van der Waals surface area contributed by atoms with E-state index in [4.69, 9.17) is 0 Å². The lowest BCUT2D eigenvalue weighted by Crippen LogP contribution is -2.46. The molecule has 0 aromatic heterocycles. The van der Waals surface area contributed by atoms with Crippen LogP contribution in [0.25, 0.3) is 0 Å². The molecule has 0 unspecified atom stereocenters. The second-order valence-electron chi connectivity index (χ2n) is 7.56. The summed E-state index contributed by atoms with van der Waals surface area (Å²) in [5.74, 6) is -0.841. The maximum Gasteiger partial charge on any atom is 0.243 e. The minimum absolute atomic E-state index is 0.0101. The van der Waals surface area contributed by atoms with E-state index in [-0.39, 0.29) is 23.4 Å². The molecule has 5 nitrogen and oxygen atoms in total. The summed E-state index contributed by atoms with van der Waals surface area (Å²) in [6.07, 6.45) is 4.40. The molecule has 0 aliphatic heterocycles. The fourth-order valence-electron chi connectivity index (χ4n) is 3.74. The third kappa shape index (κ3) is 5.64. The van der Waals surface area contributed by atoms with Crippen LogP contribution in [-0.4, -0.2) is 31.2 Å². The molecule has 0 spiro atoms. The first kappa shape index (κ1) is 21.5. The van der Waals surface area contributed by atoms with Gasteiger partial charge in [0.2, 0.25) is 15.9 Å². The van der Waals surface area contributed by atoms with E-state index in [0.717, 1.165) is 55.4 Å². The van der Waals surface area contributed by atoms with Crippen LogP contribution in [0.3, 0.4) is 0 Å². The normalized spacial score (nSPS) is 15.4. The molecule has 3 rings (SSSR count). The summed E-state index contributed by atoms with van der Waals surface area (Å²) in [5, 5.41) is 2.82. The van der Waals surface area contributed by atoms with E-state index < -0.39 is 15.8 Å². The van der Waals surface area contributed by atoms with E-state index in [1.54, 1.807) is 0 Å². The Morgan fingerprint density at radius 2 is 1.79 bits per heavy atom. The third-order valence-corrected chi connectivity index (χ3v) is 7.19. The number of aryl methyl sites for hydroxylation is 1. The molecule has 0 radical (unpaired) electrons. The van der Waals surface area contributed by atoms with Crippen LogP contribution in [0.5, 0.6) is 0 Å². The topological polar surface area (TPSA) is 66.5 Å². The number of rotatable bonds is 7. The average Bonchev–Trinajstić information content (AvgIpc) is 2.71. The van der Waals surface area contributed by atoms with Crippen molar-refractivity contribution in [3.63, 3.8) is 0 Å². The predicted octanol–water partition coefficient (Wildman–Crippen LogP) is 3.77. The Morgan fingerprint density at radius 3 is 2.45 bits per heavy atom. The summed E-state index contributed by atoms with van der Waals surface area (Å²) in [6.45, 7) is 2.08. The lowest BCUT2D eigenvalue weighted by atomic mass is 9.95. The van der Waals surface area contributed by atoms with Crippen molar-refractivity contribution in [3.05, 3.63) is 65.5 Å². The van der Waals surface area contributed by atoms with E-state index in [0.29, 0.717) is 6.54 Å². The number of hydrogen-bond donors (Lipinski definition) is 1. The Bertz CT molecular complexity index is 939. The molecule has 1 fully saturated rings. The molecule has 156 valence electrons. The van der Waals surface area contributed by atoms with Crippen molar-refractivity contribution >= 4 is 15.9 Å². The van der Waals surface area contributed by atoms with Gasteiger partial charge in [0, 0.05) is 12.6 Å². The van der Waals surface area contributed by atoms with Crippen molar-refractivity contribution in [2.45, 2.75) is 56.5 Å². The van der Waals surface area contributed by atoms with Crippen molar-refractivity contribution in [2.24, 2.45) is 0 Å². The smallest absolute Gasteiger partial charge is 0.243 e. The summed E-state index contributed by atoms with van der Waals surface area (Å²) >= 11 is 0. The van der Waals surface area contributed by atoms with Gasteiger partial charge in [-0.3, -0.25) is 4.79 Å². The number of halogens is 1. The predicted molar refractivity (Wildman–Crippen MR) is 110 cm³/mol. The van der Waals surface area contributed by atoms with Crippen LogP contribution < -0.4 is 5.32 Å². The second kappa shape index (κ2) is 9.50. The first-order valence-electron chi connectivity index (χ1n) is 9.96. The van der Waals surface area contributed by atoms with Crippen LogP contribution in [0.2, 0.25) is 0 Å². The highest BCUT2D eigenvalue weighted by Gasteiger charge is 2.33. The van der Waals surface area contributed by atoms with Gasteiger partial charge in [0.25, 0.3) is 0 Å². The number of amides is 1. The molecule has 0 heterocycles. The summed E-state index contributed by atoms with van der Waals surface area (Å²) in [7, 11) is -3.90. The van der Waals surface area contributed by atoms with Gasteiger partial charge in [0.1, 0.15) is 5.82 Å². The number of carbonyl (C=O) groups excluding carboxylic acids is 1. The monoisotopic (exact) mass is 418 g/mol. The largest absolute Gasteiger partial charge is 0.351 e. The highest BCUT2D eigenvalue weighted by atomic mass is 32.2. The molecular formula is C22H27FN2O3S. The number of carbonyl (C=O) groups is 1. The molecule has 1 saturated carbocycles. The van der Waals surface area contributed by atoms with Gasteiger partial charge in [-0.05, 0) is 49.6 Å². The summed E-state index contributed by atoms with van der Waals surface area (Å²) < 4.78 is 41.0. The maximum absolute atomic E-state index is 13.3. The van der Waals surface area contributed by atoms with Crippen molar-refractivity contribution in [3.8, 4) is 0 Å². The Labute approximate surface area is 172 Å². The van der Waals surface area contributed by atoms with Crippen LogP contribution in [0.1, 0.15) is 43.2 Å². The fraction of sp³-hybridized carbons (Fsp3) is 0.409. The van der Waals surface area contributed by atoms with Crippen molar-refractivity contribution in [1.29, 1.82) is 0 Å². The average molecular weight is 419 g/mol. The molecule has 1 aliphatic carbocycles. The minimum Gasteiger partial charge on any atom is -0.351 e. The highest BCUT2D eigenvalue weighted by Crippen LogP contribution is 2.27. The Morgan fingerprint density at radius 1 is 1.10 bits per heavy atom. The lowest BCUT2D eigenvalue weighted by Gasteiger charge is -2.33. The molecule has 2 aromatic carbocycles. The Balaban J connectivity index is 1.76. The van der Waals surface area contributed by atoms with Gasteiger partial charge < -0.3 is 5.32 Å². The van der Waals surface area contributed by atoms with Gasteiger partial charge >= 0.3 is 0 Å². The fourth-order valence-corrected chi connectivity index (χ4v) is 5.38. The van der Waals surface area contributed by atoms with Gasteiger partial charge in [-0.25, -0.2) is 12.8 Å². The van der Waals surface area contributed by atoms with E-state index in [1.165, 1.54) is 16.4 Å². The first-order chi connectivity index (χ1) is 13.9. The SMILES string of the molecule is Cc1cccc(CNC(=O)CN(C2CCCCC2)S(=O)(=O)c2ccc(F)cc2)c1. The van der Waals surface area contributed by atoms with Crippen LogP contribution in [0.15, 0.2) is 53.4 Å². The zero-order chi connectivity index (χ0) is 20.9. The number of benzene rings is 2. The Hall–Kier alpha value is -2.25. The van der Waals surface area contributed by atoms with Gasteiger partial charge in [-0.2, -0.15) is 4.31 Å². The number of nitrogens with one attached hydrogen (secondary N) is 1. The summed E-state index contributed by atoms with van der Waals surface area (Å²) in [6, 6.07) is 12.3. The van der Waals surface area contributed by atoms with E-state index >= 15 is 0 Å². The van der Waals surface area contributed by atoms with Gasteiger partial charge in [-0.1, -0.05) is 49.1 Å². The van der Waals surface area contributed by atoms with Gasteiger partial charge in [0.15, 0.2) is 0 Å². The van der Waals surface area contributed by atoms with Crippen LogP contribution in [0.4, 0.5) is 4.39 Å². The van der Waals surface area contributed by atoms with E-state index in [9.17, 15) is 17.6 Å². The van der Waals surface area contributed by atoms with Crippen molar-refractivity contribution in [2.75, 3.05) is 6.54 Å². The van der Waals surface area contributed by atoms with Crippen LogP contribution in [0, 0.1) is 12.7 Å². The number of hydrogen-bond acceptors (Lipinski definition) is 3. The number of sulfonamides is 1. The molecule has 2 aromatic rings. The molecule has 0 atom stereocenters. The van der Waals surface area contributed by atoms with Gasteiger partial charge in [0.05, 0.1) is 11.4 Å². The Kier molecular flexibility index (Phi) is 7.03. The van der Waals surface area contributed by atoms with Crippen molar-refractivity contribution < 1.29 is 17.6 Å². The summed E-state index contributed by atoms with van der Waals surface area (Å²) in [4.78, 5) is 12.6. The number of nitrogens with zero attached hydrogens (tertiary/aromatic N) is 1. The van der Waals surface area contributed by atoms with Crippen LogP contribution >= 0.6 is 0 Å². The molecule has 1 amide bonds. The molecule has 29 heavy (non-hydrogen) atoms. The van der Waals surface area contributed by atoms with E-state index in [1.807, 2.05) is 31.2 Å². The summed E-state index contributed by atoms with van der Waals surface area (Å²) in [5.41, 5.74) is 2.06. The molecular weight excluding hydrogens is 391 g/mol. The first-order valence-corrected chi connectivity index (χ1v) is 11.4. The molecule has 1 aliphatic rings. The lowest BCUT2D eigenvalue weighted by molar-refractivity contribution is -0.121. The molecule has 7 heteroatoms. The quantitative estimate of drug-likeness (QED) is 0.744. The van der Waals surface area contributed by atoms with Crippen molar-refractivity contribution in [1.82, 2.24) is 9.62 Å². The molecule has 0 saturated heterocycles. The third-order valence-electron chi connectivity index (χ3n) is 5.27. The molecule has 1 N–H and O–H groups in total. The zero-order valence-corrected chi connectivity index (χ0v) is 17.4. The minimum atomic E-state index is -3.90. The highest BCUT2D eigenvalue weighted by molar-refractivity contribution is 7.89. The van der Waals surface area contributed by atoms with Crippen LogP contribution in [-0.2, 0) is 21.4 Å². The van der Waals surface area contributed by atoms with E-state index in [2.05, 4.69) is 5.32 Å². The standard InChI is InChI=1S/C22H27FN2O3S/c1-17-6-5-7-18(14-17)15-24-22(26)16-25(20-8-3-2-4-9-20)29(27,28)21-12-10-19(23)11-13-21/h5-7,10-14,20H,2-4,8-9,15-16H2,1H3,(H,24,26).